The Kier molecular flexibility index (Phi) is 7.04. The molecule has 0 aliphatic carbocycles. The van der Waals surface area contributed by atoms with Crippen LogP contribution in [0.5, 0.6) is 0 Å². The number of benzene rings is 1. The van der Waals surface area contributed by atoms with E-state index in [2.05, 4.69) is 5.32 Å². The lowest BCUT2D eigenvalue weighted by Crippen LogP contribution is -2.52. The molecule has 1 aliphatic heterocycles. The Morgan fingerprint density at radius 1 is 1.32 bits per heavy atom. The first kappa shape index (κ1) is 19.0. The molecule has 1 aromatic carbocycles. The minimum absolute atomic E-state index is 0.000230. The zero-order valence-electron chi connectivity index (χ0n) is 15.4. The molecule has 25 heavy (non-hydrogen) atoms. The molecule has 1 atom stereocenters. The lowest BCUT2D eigenvalue weighted by atomic mass is 10.0. The summed E-state index contributed by atoms with van der Waals surface area (Å²) in [5, 5.41) is 3.05. The highest BCUT2D eigenvalue weighted by Gasteiger charge is 2.26. The van der Waals surface area contributed by atoms with Gasteiger partial charge in [-0.2, -0.15) is 0 Å². The van der Waals surface area contributed by atoms with Gasteiger partial charge < -0.3 is 15.1 Å². The first-order valence-corrected chi connectivity index (χ1v) is 8.99. The molecular weight excluding hydrogens is 314 g/mol. The van der Waals surface area contributed by atoms with Gasteiger partial charge in [-0.05, 0) is 18.4 Å². The van der Waals surface area contributed by atoms with Crippen molar-refractivity contribution < 1.29 is 9.59 Å². The second kappa shape index (κ2) is 9.25. The van der Waals surface area contributed by atoms with Crippen LogP contribution in [0.15, 0.2) is 36.4 Å². The first-order valence-electron chi connectivity index (χ1n) is 8.99. The number of rotatable bonds is 5. The number of nitrogens with zero attached hydrogens (tertiary/aromatic N) is 2. The third-order valence-corrected chi connectivity index (χ3v) is 4.39. The fraction of sp³-hybridized carbons (Fsp3) is 0.500. The van der Waals surface area contributed by atoms with Crippen molar-refractivity contribution in [2.24, 2.45) is 5.92 Å². The minimum atomic E-state index is -0.0958. The van der Waals surface area contributed by atoms with E-state index >= 15 is 0 Å². The number of piperidine rings is 1. The number of likely N-dealkylation sites (N-methyl/N-ethyl adjacent to an activating group) is 1. The van der Waals surface area contributed by atoms with Gasteiger partial charge in [0.25, 0.3) is 0 Å². The second-order valence-electron chi connectivity index (χ2n) is 6.92. The molecule has 0 aromatic heterocycles. The van der Waals surface area contributed by atoms with Gasteiger partial charge in [0.2, 0.25) is 5.91 Å². The van der Waals surface area contributed by atoms with Crippen molar-refractivity contribution in [3.05, 3.63) is 42.0 Å². The Balaban J connectivity index is 1.80. The Morgan fingerprint density at radius 3 is 2.72 bits per heavy atom. The van der Waals surface area contributed by atoms with Gasteiger partial charge in [-0.15, -0.1) is 0 Å². The molecule has 1 heterocycles. The summed E-state index contributed by atoms with van der Waals surface area (Å²) in [6.45, 7) is 5.77. The maximum atomic E-state index is 12.3. The van der Waals surface area contributed by atoms with Crippen LogP contribution in [0.1, 0.15) is 32.3 Å². The third-order valence-electron chi connectivity index (χ3n) is 4.39. The Hall–Kier alpha value is -2.30. The smallest absolute Gasteiger partial charge is 0.317 e. The van der Waals surface area contributed by atoms with Gasteiger partial charge in [-0.1, -0.05) is 56.3 Å². The molecule has 0 bridgehead atoms. The van der Waals surface area contributed by atoms with Gasteiger partial charge >= 0.3 is 6.03 Å². The summed E-state index contributed by atoms with van der Waals surface area (Å²) < 4.78 is 0. The highest BCUT2D eigenvalue weighted by molar-refractivity contribution is 5.78. The Morgan fingerprint density at radius 2 is 2.04 bits per heavy atom. The fourth-order valence-electron chi connectivity index (χ4n) is 2.94. The Bertz CT molecular complexity index is 598. The molecular formula is C20H29N3O2. The van der Waals surface area contributed by atoms with E-state index in [4.69, 9.17) is 0 Å². The van der Waals surface area contributed by atoms with E-state index in [9.17, 15) is 9.59 Å². The molecule has 0 unspecified atom stereocenters. The van der Waals surface area contributed by atoms with Crippen LogP contribution in [0.3, 0.4) is 0 Å². The molecule has 5 heteroatoms. The first-order chi connectivity index (χ1) is 12.0. The van der Waals surface area contributed by atoms with Crippen molar-refractivity contribution in [2.45, 2.75) is 32.7 Å². The molecule has 1 N–H and O–H groups in total. The van der Waals surface area contributed by atoms with Gasteiger partial charge in [-0.3, -0.25) is 4.79 Å². The average Bonchev–Trinajstić information content (AvgIpc) is 2.62. The molecule has 5 nitrogen and oxygen atoms in total. The zero-order valence-corrected chi connectivity index (χ0v) is 15.4. The summed E-state index contributed by atoms with van der Waals surface area (Å²) in [7, 11) is 1.78. The van der Waals surface area contributed by atoms with E-state index in [1.807, 2.05) is 61.2 Å². The molecule has 136 valence electrons. The number of amides is 3. The minimum Gasteiger partial charge on any atom is -0.340 e. The van der Waals surface area contributed by atoms with Crippen molar-refractivity contribution in [3.63, 3.8) is 0 Å². The van der Waals surface area contributed by atoms with E-state index in [0.29, 0.717) is 13.1 Å². The molecule has 2 rings (SSSR count). The number of carbonyl (C=O) groups is 2. The van der Waals surface area contributed by atoms with E-state index in [1.165, 1.54) is 0 Å². The molecule has 0 radical (unpaired) electrons. The molecule has 0 saturated carbocycles. The van der Waals surface area contributed by atoms with Crippen LogP contribution in [0, 0.1) is 5.92 Å². The molecule has 1 aromatic rings. The largest absolute Gasteiger partial charge is 0.340 e. The number of hydrogen-bond donors (Lipinski definition) is 1. The van der Waals surface area contributed by atoms with E-state index in [1.54, 1.807) is 11.9 Å². The quantitative estimate of drug-likeness (QED) is 0.893. The zero-order chi connectivity index (χ0) is 18.2. The number of urea groups is 1. The van der Waals surface area contributed by atoms with Crippen LogP contribution >= 0.6 is 0 Å². The maximum Gasteiger partial charge on any atom is 0.317 e. The van der Waals surface area contributed by atoms with E-state index < -0.39 is 0 Å². The molecule has 1 saturated heterocycles. The number of carbonyl (C=O) groups excluding carboxylic acids is 2. The standard InChI is InChI=1S/C20H29N3O2/c1-16(2)19(24)23-14-8-12-18(15-23)21-20(25)22(3)13-7-11-17-9-5-4-6-10-17/h4-7,9-11,16,18H,8,12-15H2,1-3H3,(H,21,25)/b11-7+/t18-/m1/s1. The van der Waals surface area contributed by atoms with Crippen LogP contribution < -0.4 is 5.32 Å². The van der Waals surface area contributed by atoms with Gasteiger partial charge in [0.1, 0.15) is 0 Å². The van der Waals surface area contributed by atoms with Gasteiger partial charge in [0.05, 0.1) is 0 Å². The van der Waals surface area contributed by atoms with Gasteiger partial charge in [-0.25, -0.2) is 4.79 Å². The number of likely N-dealkylation sites (tertiary alicyclic amines) is 1. The summed E-state index contributed by atoms with van der Waals surface area (Å²) in [5.41, 5.74) is 1.12. The highest BCUT2D eigenvalue weighted by atomic mass is 16.2. The van der Waals surface area contributed by atoms with Crippen LogP contribution in [0.2, 0.25) is 0 Å². The Labute approximate surface area is 150 Å². The lowest BCUT2D eigenvalue weighted by Gasteiger charge is -2.34. The fourth-order valence-corrected chi connectivity index (χ4v) is 2.94. The van der Waals surface area contributed by atoms with Crippen LogP contribution in [-0.2, 0) is 4.79 Å². The van der Waals surface area contributed by atoms with Crippen LogP contribution in [0.25, 0.3) is 6.08 Å². The number of hydrogen-bond acceptors (Lipinski definition) is 2. The molecule has 1 aliphatic rings. The van der Waals surface area contributed by atoms with E-state index in [-0.39, 0.29) is 23.9 Å². The topological polar surface area (TPSA) is 52.7 Å². The molecule has 3 amide bonds. The summed E-state index contributed by atoms with van der Waals surface area (Å²) in [5.74, 6) is 0.165. The van der Waals surface area contributed by atoms with Crippen molar-refractivity contribution >= 4 is 18.0 Å². The molecule has 1 fully saturated rings. The lowest BCUT2D eigenvalue weighted by molar-refractivity contribution is -0.135. The SMILES string of the molecule is CC(C)C(=O)N1CCC[C@@H](NC(=O)N(C)C/C=C/c2ccccc2)C1. The predicted octanol–water partition coefficient (Wildman–Crippen LogP) is 2.99. The van der Waals surface area contributed by atoms with Gasteiger partial charge in [0.15, 0.2) is 0 Å². The predicted molar refractivity (Wildman–Crippen MR) is 101 cm³/mol. The second-order valence-corrected chi connectivity index (χ2v) is 6.92. The van der Waals surface area contributed by atoms with Gasteiger partial charge in [0, 0.05) is 38.6 Å². The molecule has 0 spiro atoms. The third kappa shape index (κ3) is 5.93. The van der Waals surface area contributed by atoms with Crippen molar-refractivity contribution in [2.75, 3.05) is 26.7 Å². The normalized spacial score (nSPS) is 17.8. The maximum absolute atomic E-state index is 12.3. The van der Waals surface area contributed by atoms with Crippen molar-refractivity contribution in [1.82, 2.24) is 15.1 Å². The average molecular weight is 343 g/mol. The summed E-state index contributed by atoms with van der Waals surface area (Å²) in [4.78, 5) is 28.0. The van der Waals surface area contributed by atoms with Crippen LogP contribution in [0.4, 0.5) is 4.79 Å². The summed E-state index contributed by atoms with van der Waals surface area (Å²) in [6.07, 6.45) is 5.83. The summed E-state index contributed by atoms with van der Waals surface area (Å²) in [6, 6.07) is 9.95. The highest BCUT2D eigenvalue weighted by Crippen LogP contribution is 2.13. The van der Waals surface area contributed by atoms with E-state index in [0.717, 1.165) is 24.9 Å². The van der Waals surface area contributed by atoms with Crippen molar-refractivity contribution in [3.8, 4) is 0 Å². The monoisotopic (exact) mass is 343 g/mol. The number of nitrogens with one attached hydrogen (secondary N) is 1. The van der Waals surface area contributed by atoms with Crippen molar-refractivity contribution in [1.29, 1.82) is 0 Å². The van der Waals surface area contributed by atoms with Crippen LogP contribution in [-0.4, -0.2) is 54.5 Å². The summed E-state index contributed by atoms with van der Waals surface area (Å²) >= 11 is 0.